The molecule has 9 heteroatoms. The number of allylic oxidation sites excluding steroid dienone is 1. The zero-order valence-electron chi connectivity index (χ0n) is 18.0. The minimum absolute atomic E-state index is 0.0732. The van der Waals surface area contributed by atoms with Crippen molar-refractivity contribution in [1.82, 2.24) is 15.3 Å². The molecule has 0 unspecified atom stereocenters. The Morgan fingerprint density at radius 2 is 1.88 bits per heavy atom. The highest BCUT2D eigenvalue weighted by Gasteiger charge is 2.30. The third-order valence-electron chi connectivity index (χ3n) is 5.45. The lowest BCUT2D eigenvalue weighted by Gasteiger charge is -2.25. The van der Waals surface area contributed by atoms with E-state index >= 15 is 0 Å². The molecule has 2 aromatic heterocycles. The number of nitrogens with zero attached hydrogens (tertiary/aromatic N) is 2. The molecule has 1 aliphatic carbocycles. The van der Waals surface area contributed by atoms with Crippen molar-refractivity contribution < 1.29 is 22.7 Å². The summed E-state index contributed by atoms with van der Waals surface area (Å²) < 4.78 is 43.7. The van der Waals surface area contributed by atoms with E-state index in [4.69, 9.17) is 16.3 Å². The first-order valence-electron chi connectivity index (χ1n) is 10.7. The molecular formula is C25H21ClF3N3O2. The zero-order valence-corrected chi connectivity index (χ0v) is 18.7. The van der Waals surface area contributed by atoms with Crippen LogP contribution in [0.15, 0.2) is 66.6 Å². The smallest absolute Gasteiger partial charge is 0.417 e. The second-order valence-electron chi connectivity index (χ2n) is 8.00. The number of pyridine rings is 2. The standard InChI is InChI=1S/C25H21ClF3N3O2/c26-20-12-18(13-30-15-20)24(33)32-21-7-4-16(5-8-21)10-17-2-1-3-22(11-17)34-23-9-6-19(14-31-23)25(27,28)29/h1-3,6,9-15,21H,4-5,7-8H2,(H,32,33). The molecule has 0 spiro atoms. The summed E-state index contributed by atoms with van der Waals surface area (Å²) in [5.74, 6) is 0.385. The van der Waals surface area contributed by atoms with Crippen molar-refractivity contribution in [1.29, 1.82) is 0 Å². The van der Waals surface area contributed by atoms with Crippen LogP contribution in [0, 0.1) is 0 Å². The van der Waals surface area contributed by atoms with Gasteiger partial charge in [0.05, 0.1) is 16.1 Å². The topological polar surface area (TPSA) is 64.1 Å². The predicted octanol–water partition coefficient (Wildman–Crippen LogP) is 6.70. The number of ether oxygens (including phenoxy) is 1. The lowest BCUT2D eigenvalue weighted by atomic mass is 9.89. The molecule has 1 aromatic carbocycles. The minimum atomic E-state index is -4.44. The van der Waals surface area contributed by atoms with Crippen molar-refractivity contribution >= 4 is 23.6 Å². The number of alkyl halides is 3. The molecule has 1 amide bonds. The molecule has 3 aromatic rings. The monoisotopic (exact) mass is 487 g/mol. The number of nitrogens with one attached hydrogen (secondary N) is 1. The SMILES string of the molecule is O=C(NC1CCC(=Cc2cccc(Oc3ccc(C(F)(F)F)cn3)c2)CC1)c1cncc(Cl)c1. The molecule has 0 atom stereocenters. The maximum atomic E-state index is 12.7. The normalized spacial score (nSPS) is 16.1. The van der Waals surface area contributed by atoms with E-state index in [0.717, 1.165) is 43.5 Å². The number of hydrogen-bond donors (Lipinski definition) is 1. The van der Waals surface area contributed by atoms with Crippen molar-refractivity contribution in [2.24, 2.45) is 0 Å². The van der Waals surface area contributed by atoms with Gasteiger partial charge in [-0.3, -0.25) is 9.78 Å². The molecule has 2 heterocycles. The average Bonchev–Trinajstić information content (AvgIpc) is 2.80. The van der Waals surface area contributed by atoms with E-state index in [1.807, 2.05) is 18.2 Å². The number of rotatable bonds is 5. The molecule has 1 fully saturated rings. The maximum absolute atomic E-state index is 12.7. The second-order valence-corrected chi connectivity index (χ2v) is 8.44. The van der Waals surface area contributed by atoms with E-state index < -0.39 is 11.7 Å². The quantitative estimate of drug-likeness (QED) is 0.435. The van der Waals surface area contributed by atoms with Crippen LogP contribution in [0.5, 0.6) is 11.6 Å². The highest BCUT2D eigenvalue weighted by atomic mass is 35.5. The lowest BCUT2D eigenvalue weighted by molar-refractivity contribution is -0.137. The van der Waals surface area contributed by atoms with Gasteiger partial charge in [0, 0.05) is 30.7 Å². The number of carbonyl (C=O) groups excluding carboxylic acids is 1. The van der Waals surface area contributed by atoms with Crippen LogP contribution in [0.25, 0.3) is 6.08 Å². The van der Waals surface area contributed by atoms with E-state index in [1.54, 1.807) is 12.1 Å². The fraction of sp³-hybridized carbons (Fsp3) is 0.240. The van der Waals surface area contributed by atoms with Crippen LogP contribution in [0.4, 0.5) is 13.2 Å². The Bertz CT molecular complexity index is 1190. The molecule has 4 rings (SSSR count). The van der Waals surface area contributed by atoms with Crippen LogP contribution in [0.1, 0.15) is 47.2 Å². The van der Waals surface area contributed by atoms with E-state index in [2.05, 4.69) is 21.4 Å². The molecular weight excluding hydrogens is 467 g/mol. The molecule has 0 aliphatic heterocycles. The zero-order chi connectivity index (χ0) is 24.1. The Hall–Kier alpha value is -3.39. The molecule has 1 saturated carbocycles. The molecule has 0 radical (unpaired) electrons. The van der Waals surface area contributed by atoms with Crippen LogP contribution >= 0.6 is 11.6 Å². The highest BCUT2D eigenvalue weighted by Crippen LogP contribution is 2.31. The fourth-order valence-electron chi connectivity index (χ4n) is 3.71. The van der Waals surface area contributed by atoms with E-state index in [9.17, 15) is 18.0 Å². The van der Waals surface area contributed by atoms with Gasteiger partial charge in [0.25, 0.3) is 5.91 Å². The minimum Gasteiger partial charge on any atom is -0.439 e. The molecule has 34 heavy (non-hydrogen) atoms. The second kappa shape index (κ2) is 10.3. The van der Waals surface area contributed by atoms with Crippen LogP contribution < -0.4 is 10.1 Å². The van der Waals surface area contributed by atoms with E-state index in [0.29, 0.717) is 16.3 Å². The molecule has 1 aliphatic rings. The average molecular weight is 488 g/mol. The summed E-state index contributed by atoms with van der Waals surface area (Å²) in [6.07, 6.45) is 4.67. The van der Waals surface area contributed by atoms with Gasteiger partial charge in [-0.25, -0.2) is 4.98 Å². The van der Waals surface area contributed by atoms with Crippen LogP contribution in [0.3, 0.4) is 0 Å². The summed E-state index contributed by atoms with van der Waals surface area (Å²) in [6.45, 7) is 0. The number of benzene rings is 1. The van der Waals surface area contributed by atoms with Crippen LogP contribution in [-0.4, -0.2) is 21.9 Å². The number of hydrogen-bond acceptors (Lipinski definition) is 4. The van der Waals surface area contributed by atoms with Crippen molar-refractivity contribution in [3.8, 4) is 11.6 Å². The molecule has 1 N–H and O–H groups in total. The molecule has 176 valence electrons. The summed E-state index contributed by atoms with van der Waals surface area (Å²) in [6, 6.07) is 11.1. The van der Waals surface area contributed by atoms with E-state index in [1.165, 1.54) is 24.0 Å². The van der Waals surface area contributed by atoms with E-state index in [-0.39, 0.29) is 17.8 Å². The van der Waals surface area contributed by atoms with Gasteiger partial charge in [-0.1, -0.05) is 35.4 Å². The lowest BCUT2D eigenvalue weighted by Crippen LogP contribution is -2.36. The largest absolute Gasteiger partial charge is 0.439 e. The van der Waals surface area contributed by atoms with Crippen LogP contribution in [0.2, 0.25) is 5.02 Å². The summed E-state index contributed by atoms with van der Waals surface area (Å²) in [5.41, 5.74) is 1.79. The van der Waals surface area contributed by atoms with Gasteiger partial charge in [0.2, 0.25) is 5.88 Å². The first-order valence-corrected chi connectivity index (χ1v) is 11.1. The predicted molar refractivity (Wildman–Crippen MR) is 123 cm³/mol. The number of halogens is 4. The fourth-order valence-corrected chi connectivity index (χ4v) is 3.89. The Morgan fingerprint density at radius 1 is 1.09 bits per heavy atom. The molecule has 5 nitrogen and oxygen atoms in total. The molecule has 0 saturated heterocycles. The molecule has 0 bridgehead atoms. The number of carbonyl (C=O) groups is 1. The summed E-state index contributed by atoms with van der Waals surface area (Å²) in [7, 11) is 0. The Morgan fingerprint density at radius 3 is 2.56 bits per heavy atom. The van der Waals surface area contributed by atoms with Gasteiger partial charge in [0.1, 0.15) is 5.75 Å². The van der Waals surface area contributed by atoms with Gasteiger partial charge < -0.3 is 10.1 Å². The third kappa shape index (κ3) is 6.35. The maximum Gasteiger partial charge on any atom is 0.417 e. The Labute approximate surface area is 199 Å². The third-order valence-corrected chi connectivity index (χ3v) is 5.65. The highest BCUT2D eigenvalue weighted by molar-refractivity contribution is 6.30. The number of aromatic nitrogens is 2. The number of amides is 1. The first kappa shape index (κ1) is 23.8. The van der Waals surface area contributed by atoms with Gasteiger partial charge in [-0.2, -0.15) is 13.2 Å². The van der Waals surface area contributed by atoms with Gasteiger partial charge in [-0.05, 0) is 55.5 Å². The van der Waals surface area contributed by atoms with Crippen molar-refractivity contribution in [2.45, 2.75) is 37.9 Å². The van der Waals surface area contributed by atoms with Crippen LogP contribution in [-0.2, 0) is 6.18 Å². The Balaban J connectivity index is 1.33. The summed E-state index contributed by atoms with van der Waals surface area (Å²) in [4.78, 5) is 20.1. The Kier molecular flexibility index (Phi) is 7.17. The summed E-state index contributed by atoms with van der Waals surface area (Å²) in [5, 5.41) is 3.45. The van der Waals surface area contributed by atoms with Crippen molar-refractivity contribution in [2.75, 3.05) is 0 Å². The van der Waals surface area contributed by atoms with Gasteiger partial charge >= 0.3 is 6.18 Å². The van der Waals surface area contributed by atoms with Crippen molar-refractivity contribution in [3.05, 3.63) is 88.3 Å². The van der Waals surface area contributed by atoms with Gasteiger partial charge in [0.15, 0.2) is 0 Å². The first-order chi connectivity index (χ1) is 16.3. The summed E-state index contributed by atoms with van der Waals surface area (Å²) >= 11 is 5.90. The van der Waals surface area contributed by atoms with Crippen molar-refractivity contribution in [3.63, 3.8) is 0 Å². The van der Waals surface area contributed by atoms with Gasteiger partial charge in [-0.15, -0.1) is 0 Å².